The molecule has 0 spiro atoms. The van der Waals surface area contributed by atoms with Gasteiger partial charge in [-0.25, -0.2) is 8.78 Å². The molecule has 0 aliphatic carbocycles. The van der Waals surface area contributed by atoms with Crippen LogP contribution in [0.1, 0.15) is 17.5 Å². The Bertz CT molecular complexity index is 771. The van der Waals surface area contributed by atoms with E-state index in [2.05, 4.69) is 22.2 Å². The van der Waals surface area contributed by atoms with E-state index in [0.717, 1.165) is 50.5 Å². The molecule has 1 N–H and O–H groups in total. The maximum Gasteiger partial charge on any atom is 0.224 e. The molecule has 144 valence electrons. The SMILES string of the molecule is CN1CCN(Cc2ccc(NC(=O)CCc3ccc(F)c(F)c3)cc2)CC1. The lowest BCUT2D eigenvalue weighted by atomic mass is 10.1. The number of carbonyl (C=O) groups is 1. The normalized spacial score (nSPS) is 15.7. The standard InChI is InChI=1S/C21H25F2N3O/c1-25-10-12-26(13-11-25)15-17-2-6-18(7-3-17)24-21(27)9-5-16-4-8-19(22)20(23)14-16/h2-4,6-8,14H,5,9-13,15H2,1H3,(H,24,27). The first-order valence-corrected chi connectivity index (χ1v) is 9.23. The van der Waals surface area contributed by atoms with Crippen molar-refractivity contribution >= 4 is 11.6 Å². The minimum Gasteiger partial charge on any atom is -0.326 e. The number of carbonyl (C=O) groups excluding carboxylic acids is 1. The Kier molecular flexibility index (Phi) is 6.53. The molecule has 3 rings (SSSR count). The third kappa shape index (κ3) is 5.84. The van der Waals surface area contributed by atoms with E-state index in [1.807, 2.05) is 24.3 Å². The molecule has 0 aromatic heterocycles. The highest BCUT2D eigenvalue weighted by atomic mass is 19.2. The molecule has 0 bridgehead atoms. The van der Waals surface area contributed by atoms with Crippen LogP contribution in [0.5, 0.6) is 0 Å². The largest absolute Gasteiger partial charge is 0.326 e. The van der Waals surface area contributed by atoms with E-state index in [1.54, 1.807) is 0 Å². The van der Waals surface area contributed by atoms with E-state index in [1.165, 1.54) is 11.6 Å². The minimum absolute atomic E-state index is 0.147. The molecule has 4 nitrogen and oxygen atoms in total. The number of benzene rings is 2. The first-order chi connectivity index (χ1) is 13.0. The Labute approximate surface area is 158 Å². The molecule has 6 heteroatoms. The van der Waals surface area contributed by atoms with Crippen molar-refractivity contribution in [2.75, 3.05) is 38.5 Å². The van der Waals surface area contributed by atoms with Gasteiger partial charge in [-0.15, -0.1) is 0 Å². The third-order valence-corrected chi connectivity index (χ3v) is 4.86. The van der Waals surface area contributed by atoms with Gasteiger partial charge in [0.25, 0.3) is 0 Å². The topological polar surface area (TPSA) is 35.6 Å². The molecule has 0 atom stereocenters. The lowest BCUT2D eigenvalue weighted by Crippen LogP contribution is -2.43. The van der Waals surface area contributed by atoms with Gasteiger partial charge in [0.15, 0.2) is 11.6 Å². The highest BCUT2D eigenvalue weighted by Crippen LogP contribution is 2.14. The Morgan fingerprint density at radius 1 is 0.963 bits per heavy atom. The second-order valence-corrected chi connectivity index (χ2v) is 7.07. The van der Waals surface area contributed by atoms with Crippen LogP contribution < -0.4 is 5.32 Å². The molecular weight excluding hydrogens is 348 g/mol. The van der Waals surface area contributed by atoms with Crippen LogP contribution in [-0.4, -0.2) is 48.9 Å². The van der Waals surface area contributed by atoms with Gasteiger partial charge in [0.2, 0.25) is 5.91 Å². The maximum atomic E-state index is 13.2. The number of nitrogens with one attached hydrogen (secondary N) is 1. The van der Waals surface area contributed by atoms with E-state index >= 15 is 0 Å². The zero-order valence-corrected chi connectivity index (χ0v) is 15.5. The van der Waals surface area contributed by atoms with Gasteiger partial charge >= 0.3 is 0 Å². The van der Waals surface area contributed by atoms with Crippen molar-refractivity contribution in [2.24, 2.45) is 0 Å². The molecule has 2 aromatic rings. The second-order valence-electron chi connectivity index (χ2n) is 7.07. The third-order valence-electron chi connectivity index (χ3n) is 4.86. The maximum absolute atomic E-state index is 13.2. The van der Waals surface area contributed by atoms with Crippen LogP contribution in [-0.2, 0) is 17.8 Å². The Hall–Kier alpha value is -2.31. The summed E-state index contributed by atoms with van der Waals surface area (Å²) in [5.74, 6) is -1.91. The molecule has 1 amide bonds. The predicted molar refractivity (Wildman–Crippen MR) is 103 cm³/mol. The summed E-state index contributed by atoms with van der Waals surface area (Å²) in [5, 5.41) is 2.85. The number of anilines is 1. The number of likely N-dealkylation sites (N-methyl/N-ethyl adjacent to an activating group) is 1. The second kappa shape index (κ2) is 9.06. The van der Waals surface area contributed by atoms with E-state index < -0.39 is 11.6 Å². The van der Waals surface area contributed by atoms with Gasteiger partial charge in [-0.05, 0) is 48.9 Å². The molecule has 0 saturated carbocycles. The van der Waals surface area contributed by atoms with Gasteiger partial charge in [-0.2, -0.15) is 0 Å². The molecule has 1 aliphatic heterocycles. The van der Waals surface area contributed by atoms with E-state index in [0.29, 0.717) is 12.0 Å². The molecule has 1 aliphatic rings. The molecule has 27 heavy (non-hydrogen) atoms. The van der Waals surface area contributed by atoms with Crippen molar-refractivity contribution in [1.29, 1.82) is 0 Å². The monoisotopic (exact) mass is 373 g/mol. The quantitative estimate of drug-likeness (QED) is 0.844. The van der Waals surface area contributed by atoms with Crippen LogP contribution in [0, 0.1) is 11.6 Å². The highest BCUT2D eigenvalue weighted by Gasteiger charge is 2.13. The lowest BCUT2D eigenvalue weighted by Gasteiger charge is -2.32. The Morgan fingerprint density at radius 3 is 2.30 bits per heavy atom. The summed E-state index contributed by atoms with van der Waals surface area (Å²) in [4.78, 5) is 16.8. The zero-order chi connectivity index (χ0) is 19.2. The molecule has 0 unspecified atom stereocenters. The van der Waals surface area contributed by atoms with Crippen molar-refractivity contribution < 1.29 is 13.6 Å². The average molecular weight is 373 g/mol. The van der Waals surface area contributed by atoms with Gasteiger partial charge in [0, 0.05) is 44.8 Å². The van der Waals surface area contributed by atoms with Crippen molar-refractivity contribution in [3.63, 3.8) is 0 Å². The Balaban J connectivity index is 1.46. The molecule has 0 radical (unpaired) electrons. The molecule has 1 saturated heterocycles. The van der Waals surface area contributed by atoms with Crippen molar-refractivity contribution in [3.05, 3.63) is 65.2 Å². The van der Waals surface area contributed by atoms with Crippen molar-refractivity contribution in [2.45, 2.75) is 19.4 Å². The molecular formula is C21H25F2N3O. The van der Waals surface area contributed by atoms with Crippen LogP contribution in [0.2, 0.25) is 0 Å². The van der Waals surface area contributed by atoms with Gasteiger partial charge in [0.1, 0.15) is 0 Å². The summed E-state index contributed by atoms with van der Waals surface area (Å²) in [6, 6.07) is 11.6. The summed E-state index contributed by atoms with van der Waals surface area (Å²) in [7, 11) is 2.14. The zero-order valence-electron chi connectivity index (χ0n) is 15.5. The van der Waals surface area contributed by atoms with Gasteiger partial charge in [-0.1, -0.05) is 18.2 Å². The predicted octanol–water partition coefficient (Wildman–Crippen LogP) is 3.28. The van der Waals surface area contributed by atoms with Crippen LogP contribution in [0.4, 0.5) is 14.5 Å². The van der Waals surface area contributed by atoms with Crippen molar-refractivity contribution in [3.8, 4) is 0 Å². The first-order valence-electron chi connectivity index (χ1n) is 9.23. The lowest BCUT2D eigenvalue weighted by molar-refractivity contribution is -0.116. The summed E-state index contributed by atoms with van der Waals surface area (Å²) in [5.41, 5.74) is 2.57. The Morgan fingerprint density at radius 2 is 1.63 bits per heavy atom. The number of nitrogens with zero attached hydrogens (tertiary/aromatic N) is 2. The molecule has 1 heterocycles. The summed E-state index contributed by atoms with van der Waals surface area (Å²) in [6.45, 7) is 5.23. The number of rotatable bonds is 6. The van der Waals surface area contributed by atoms with Crippen LogP contribution in [0.3, 0.4) is 0 Å². The molecule has 2 aromatic carbocycles. The number of hydrogen-bond acceptors (Lipinski definition) is 3. The fourth-order valence-electron chi connectivity index (χ4n) is 3.13. The first kappa shape index (κ1) is 19.5. The van der Waals surface area contributed by atoms with E-state index in [9.17, 15) is 13.6 Å². The number of aryl methyl sites for hydroxylation is 1. The van der Waals surface area contributed by atoms with E-state index in [-0.39, 0.29) is 12.3 Å². The fourth-order valence-corrected chi connectivity index (χ4v) is 3.13. The number of amides is 1. The highest BCUT2D eigenvalue weighted by molar-refractivity contribution is 5.90. The van der Waals surface area contributed by atoms with Crippen LogP contribution in [0.15, 0.2) is 42.5 Å². The van der Waals surface area contributed by atoms with Crippen LogP contribution >= 0.6 is 0 Å². The molecule has 1 fully saturated rings. The fraction of sp³-hybridized carbons (Fsp3) is 0.381. The van der Waals surface area contributed by atoms with Crippen LogP contribution in [0.25, 0.3) is 0 Å². The smallest absolute Gasteiger partial charge is 0.224 e. The summed E-state index contributed by atoms with van der Waals surface area (Å²) < 4.78 is 26.1. The van der Waals surface area contributed by atoms with Crippen molar-refractivity contribution in [1.82, 2.24) is 9.80 Å². The number of hydrogen-bond donors (Lipinski definition) is 1. The van der Waals surface area contributed by atoms with E-state index in [4.69, 9.17) is 0 Å². The number of halogens is 2. The average Bonchev–Trinajstić information content (AvgIpc) is 2.66. The van der Waals surface area contributed by atoms with Gasteiger partial charge in [-0.3, -0.25) is 9.69 Å². The minimum atomic E-state index is -0.885. The van der Waals surface area contributed by atoms with Gasteiger partial charge < -0.3 is 10.2 Å². The summed E-state index contributed by atoms with van der Waals surface area (Å²) in [6.07, 6.45) is 0.582. The van der Waals surface area contributed by atoms with Gasteiger partial charge in [0.05, 0.1) is 0 Å². The summed E-state index contributed by atoms with van der Waals surface area (Å²) >= 11 is 0. The number of piperazine rings is 1.